The molecule has 0 aliphatic heterocycles. The third-order valence-electron chi connectivity index (χ3n) is 3.32. The Bertz CT molecular complexity index is 152. The lowest BCUT2D eigenvalue weighted by molar-refractivity contribution is 0.0333. The third-order valence-corrected chi connectivity index (χ3v) is 3.32. The van der Waals surface area contributed by atoms with Crippen LogP contribution in [0.4, 0.5) is 0 Å². The minimum Gasteiger partial charge on any atom is -0.381 e. The van der Waals surface area contributed by atoms with Crippen molar-refractivity contribution in [2.75, 3.05) is 13.2 Å². The van der Waals surface area contributed by atoms with E-state index in [4.69, 9.17) is 4.74 Å². The molecule has 0 heterocycles. The smallest absolute Gasteiger partial charge is 0.0517 e. The van der Waals surface area contributed by atoms with Crippen LogP contribution in [0.2, 0.25) is 0 Å². The molecule has 1 nitrogen and oxygen atoms in total. The molecule has 0 aliphatic carbocycles. The van der Waals surface area contributed by atoms with Crippen molar-refractivity contribution < 1.29 is 4.74 Å². The first-order valence-electron chi connectivity index (χ1n) is 7.13. The summed E-state index contributed by atoms with van der Waals surface area (Å²) < 4.78 is 5.90. The first-order chi connectivity index (χ1) is 7.55. The van der Waals surface area contributed by atoms with Gasteiger partial charge in [-0.05, 0) is 24.2 Å². The summed E-state index contributed by atoms with van der Waals surface area (Å²) >= 11 is 0. The van der Waals surface area contributed by atoms with Crippen LogP contribution < -0.4 is 0 Å². The Morgan fingerprint density at radius 2 is 1.75 bits per heavy atom. The van der Waals surface area contributed by atoms with Gasteiger partial charge in [-0.25, -0.2) is 0 Å². The van der Waals surface area contributed by atoms with Crippen LogP contribution in [0.15, 0.2) is 0 Å². The first-order valence-corrected chi connectivity index (χ1v) is 7.13. The minimum absolute atomic E-state index is 0.359. The summed E-state index contributed by atoms with van der Waals surface area (Å²) in [5, 5.41) is 0. The van der Waals surface area contributed by atoms with E-state index >= 15 is 0 Å². The summed E-state index contributed by atoms with van der Waals surface area (Å²) in [6.07, 6.45) is 7.76. The molecule has 0 saturated heterocycles. The highest BCUT2D eigenvalue weighted by Gasteiger charge is 2.17. The van der Waals surface area contributed by atoms with Gasteiger partial charge in [-0.15, -0.1) is 0 Å². The lowest BCUT2D eigenvalue weighted by Crippen LogP contribution is -2.21. The minimum atomic E-state index is 0.359. The highest BCUT2D eigenvalue weighted by molar-refractivity contribution is 4.67. The molecule has 0 amide bonds. The second kappa shape index (κ2) is 9.04. The fraction of sp³-hybridized carbons (Fsp3) is 1.00. The zero-order chi connectivity index (χ0) is 12.4. The molecule has 0 aliphatic rings. The molecule has 0 fully saturated rings. The van der Waals surface area contributed by atoms with Crippen LogP contribution in [0.1, 0.15) is 73.1 Å². The van der Waals surface area contributed by atoms with E-state index in [1.807, 2.05) is 0 Å². The van der Waals surface area contributed by atoms with Crippen molar-refractivity contribution in [3.63, 3.8) is 0 Å². The number of ether oxygens (including phenoxy) is 1. The number of hydrogen-bond acceptors (Lipinski definition) is 1. The van der Waals surface area contributed by atoms with E-state index in [-0.39, 0.29) is 0 Å². The van der Waals surface area contributed by atoms with Gasteiger partial charge in [0.05, 0.1) is 6.61 Å². The van der Waals surface area contributed by atoms with Crippen molar-refractivity contribution in [1.29, 1.82) is 0 Å². The zero-order valence-electron chi connectivity index (χ0n) is 12.1. The van der Waals surface area contributed by atoms with Gasteiger partial charge in [-0.1, -0.05) is 60.3 Å². The second-order valence-electron chi connectivity index (χ2n) is 5.85. The van der Waals surface area contributed by atoms with E-state index in [2.05, 4.69) is 34.6 Å². The standard InChI is InChI=1S/C15H32O/c1-6-9-10-14(8-3)12-16-13-15(4,5)11-7-2/h14H,6-13H2,1-5H3. The summed E-state index contributed by atoms with van der Waals surface area (Å²) in [6.45, 7) is 13.3. The molecular weight excluding hydrogens is 196 g/mol. The highest BCUT2D eigenvalue weighted by atomic mass is 16.5. The van der Waals surface area contributed by atoms with Crippen LogP contribution >= 0.6 is 0 Å². The van der Waals surface area contributed by atoms with E-state index < -0.39 is 0 Å². The topological polar surface area (TPSA) is 9.23 Å². The largest absolute Gasteiger partial charge is 0.381 e. The second-order valence-corrected chi connectivity index (χ2v) is 5.85. The van der Waals surface area contributed by atoms with Crippen molar-refractivity contribution in [3.05, 3.63) is 0 Å². The van der Waals surface area contributed by atoms with Gasteiger partial charge in [0.25, 0.3) is 0 Å². The summed E-state index contributed by atoms with van der Waals surface area (Å²) in [7, 11) is 0. The van der Waals surface area contributed by atoms with Crippen molar-refractivity contribution in [2.24, 2.45) is 11.3 Å². The Hall–Kier alpha value is -0.0400. The zero-order valence-corrected chi connectivity index (χ0v) is 12.1. The van der Waals surface area contributed by atoms with E-state index in [1.165, 1.54) is 38.5 Å². The first kappa shape index (κ1) is 16.0. The van der Waals surface area contributed by atoms with Crippen LogP contribution in [0.25, 0.3) is 0 Å². The molecule has 1 atom stereocenters. The van der Waals surface area contributed by atoms with Gasteiger partial charge in [-0.2, -0.15) is 0 Å². The maximum absolute atomic E-state index is 5.90. The van der Waals surface area contributed by atoms with Gasteiger partial charge in [0.2, 0.25) is 0 Å². The molecule has 1 unspecified atom stereocenters. The van der Waals surface area contributed by atoms with Crippen molar-refractivity contribution in [2.45, 2.75) is 73.1 Å². The molecule has 0 saturated carbocycles. The van der Waals surface area contributed by atoms with Crippen LogP contribution in [0.5, 0.6) is 0 Å². The van der Waals surface area contributed by atoms with E-state index in [0.717, 1.165) is 19.1 Å². The summed E-state index contributed by atoms with van der Waals surface area (Å²) in [6, 6.07) is 0. The number of hydrogen-bond donors (Lipinski definition) is 0. The van der Waals surface area contributed by atoms with E-state index in [0.29, 0.717) is 5.41 Å². The fourth-order valence-electron chi connectivity index (χ4n) is 2.15. The normalized spacial score (nSPS) is 14.1. The van der Waals surface area contributed by atoms with Crippen LogP contribution in [-0.2, 0) is 4.74 Å². The molecule has 0 rings (SSSR count). The lowest BCUT2D eigenvalue weighted by Gasteiger charge is -2.25. The molecule has 0 bridgehead atoms. The average molecular weight is 228 g/mol. The quantitative estimate of drug-likeness (QED) is 0.508. The Morgan fingerprint density at radius 3 is 2.25 bits per heavy atom. The maximum atomic E-state index is 5.90. The van der Waals surface area contributed by atoms with Gasteiger partial charge in [0.15, 0.2) is 0 Å². The molecule has 0 aromatic carbocycles. The molecular formula is C15H32O. The maximum Gasteiger partial charge on any atom is 0.0517 e. The fourth-order valence-corrected chi connectivity index (χ4v) is 2.15. The van der Waals surface area contributed by atoms with Gasteiger partial charge in [0, 0.05) is 6.61 Å². The molecule has 1 heteroatoms. The van der Waals surface area contributed by atoms with Crippen molar-refractivity contribution >= 4 is 0 Å². The summed E-state index contributed by atoms with van der Waals surface area (Å²) in [5.41, 5.74) is 0.359. The number of unbranched alkanes of at least 4 members (excludes halogenated alkanes) is 1. The van der Waals surface area contributed by atoms with Crippen molar-refractivity contribution in [1.82, 2.24) is 0 Å². The van der Waals surface area contributed by atoms with E-state index in [9.17, 15) is 0 Å². The summed E-state index contributed by atoms with van der Waals surface area (Å²) in [5.74, 6) is 0.775. The van der Waals surface area contributed by atoms with Crippen LogP contribution in [0, 0.1) is 11.3 Å². The summed E-state index contributed by atoms with van der Waals surface area (Å²) in [4.78, 5) is 0. The Morgan fingerprint density at radius 1 is 1.06 bits per heavy atom. The SMILES string of the molecule is CCCCC(CC)COCC(C)(C)CCC. The van der Waals surface area contributed by atoms with Crippen molar-refractivity contribution in [3.8, 4) is 0 Å². The highest BCUT2D eigenvalue weighted by Crippen LogP contribution is 2.23. The van der Waals surface area contributed by atoms with Gasteiger partial charge >= 0.3 is 0 Å². The monoisotopic (exact) mass is 228 g/mol. The molecule has 0 N–H and O–H groups in total. The molecule has 0 aromatic heterocycles. The predicted octanol–water partition coefficient (Wildman–Crippen LogP) is 5.05. The van der Waals surface area contributed by atoms with Gasteiger partial charge in [0.1, 0.15) is 0 Å². The Kier molecular flexibility index (Phi) is 9.02. The van der Waals surface area contributed by atoms with E-state index in [1.54, 1.807) is 0 Å². The Labute approximate surface area is 103 Å². The number of rotatable bonds is 10. The molecule has 98 valence electrons. The molecule has 0 spiro atoms. The van der Waals surface area contributed by atoms with Gasteiger partial charge < -0.3 is 4.74 Å². The molecule has 0 radical (unpaired) electrons. The molecule has 16 heavy (non-hydrogen) atoms. The predicted molar refractivity (Wildman–Crippen MR) is 72.8 cm³/mol. The third kappa shape index (κ3) is 8.15. The van der Waals surface area contributed by atoms with Gasteiger partial charge in [-0.3, -0.25) is 0 Å². The molecule has 0 aromatic rings. The van der Waals surface area contributed by atoms with Crippen LogP contribution in [-0.4, -0.2) is 13.2 Å². The van der Waals surface area contributed by atoms with Crippen LogP contribution in [0.3, 0.4) is 0 Å². The Balaban J connectivity index is 3.68. The lowest BCUT2D eigenvalue weighted by atomic mass is 9.89. The average Bonchev–Trinajstić information content (AvgIpc) is 2.22.